The predicted molar refractivity (Wildman–Crippen MR) is 115 cm³/mol. The highest BCUT2D eigenvalue weighted by molar-refractivity contribution is 5.84. The summed E-state index contributed by atoms with van der Waals surface area (Å²) < 4.78 is 0. The molecule has 0 spiro atoms. The number of hydrogen-bond donors (Lipinski definition) is 0. The minimum absolute atomic E-state index is 0.154. The first-order valence-electron chi connectivity index (χ1n) is 10.4. The highest BCUT2D eigenvalue weighted by atomic mass is 16.2. The van der Waals surface area contributed by atoms with Crippen LogP contribution in [-0.2, 0) is 16.0 Å². The van der Waals surface area contributed by atoms with Crippen LogP contribution in [0.15, 0.2) is 48.8 Å². The Morgan fingerprint density at radius 1 is 1.10 bits per heavy atom. The average Bonchev–Trinajstić information content (AvgIpc) is 2.75. The minimum atomic E-state index is -0.481. The maximum atomic E-state index is 13.3. The standard InChI is InChI=1S/C24H31N3O2/c1-4-8-22(28)27-15-12-24(13-16-27,23(29)26(2)3)17-19-9-5-6-11-21(19)20-10-7-14-25-18-20/h5-7,9-11,14,18H,4,8,12-13,15-17H2,1-3H3. The molecule has 3 rings (SSSR count). The van der Waals surface area contributed by atoms with E-state index in [4.69, 9.17) is 0 Å². The van der Waals surface area contributed by atoms with Gasteiger partial charge in [-0.25, -0.2) is 0 Å². The lowest BCUT2D eigenvalue weighted by Crippen LogP contribution is -2.51. The fourth-order valence-corrected chi connectivity index (χ4v) is 4.34. The molecule has 0 unspecified atom stereocenters. The molecule has 1 aliphatic heterocycles. The van der Waals surface area contributed by atoms with Gasteiger partial charge in [-0.15, -0.1) is 0 Å². The topological polar surface area (TPSA) is 53.5 Å². The Morgan fingerprint density at radius 3 is 2.45 bits per heavy atom. The molecule has 154 valence electrons. The van der Waals surface area contributed by atoms with Crippen molar-refractivity contribution in [2.24, 2.45) is 5.41 Å². The molecule has 0 aliphatic carbocycles. The van der Waals surface area contributed by atoms with Gasteiger partial charge in [0.1, 0.15) is 0 Å². The second-order valence-electron chi connectivity index (χ2n) is 8.19. The van der Waals surface area contributed by atoms with Gasteiger partial charge in [-0.05, 0) is 42.9 Å². The molecule has 2 amide bonds. The Kier molecular flexibility index (Phi) is 6.68. The van der Waals surface area contributed by atoms with Crippen molar-refractivity contribution in [2.75, 3.05) is 27.2 Å². The van der Waals surface area contributed by atoms with E-state index in [2.05, 4.69) is 23.2 Å². The van der Waals surface area contributed by atoms with Gasteiger partial charge in [0.25, 0.3) is 0 Å². The first-order chi connectivity index (χ1) is 14.0. The second kappa shape index (κ2) is 9.21. The van der Waals surface area contributed by atoms with Gasteiger partial charge in [-0.2, -0.15) is 0 Å². The van der Waals surface area contributed by atoms with Crippen LogP contribution in [0, 0.1) is 5.41 Å². The van der Waals surface area contributed by atoms with Crippen LogP contribution in [0.5, 0.6) is 0 Å². The van der Waals surface area contributed by atoms with E-state index in [-0.39, 0.29) is 11.8 Å². The number of carbonyl (C=O) groups excluding carboxylic acids is 2. The van der Waals surface area contributed by atoms with E-state index in [1.54, 1.807) is 11.1 Å². The van der Waals surface area contributed by atoms with Crippen molar-refractivity contribution in [1.82, 2.24) is 14.8 Å². The predicted octanol–water partition coefficient (Wildman–Crippen LogP) is 3.79. The molecule has 0 atom stereocenters. The van der Waals surface area contributed by atoms with Crippen molar-refractivity contribution in [3.05, 3.63) is 54.4 Å². The summed E-state index contributed by atoms with van der Waals surface area (Å²) in [5.74, 6) is 0.357. The third kappa shape index (κ3) is 4.66. The summed E-state index contributed by atoms with van der Waals surface area (Å²) in [6.45, 7) is 3.32. The van der Waals surface area contributed by atoms with E-state index in [0.717, 1.165) is 23.1 Å². The molecule has 1 saturated heterocycles. The number of amides is 2. The van der Waals surface area contributed by atoms with Crippen molar-refractivity contribution in [3.63, 3.8) is 0 Å². The zero-order valence-corrected chi connectivity index (χ0v) is 17.7. The monoisotopic (exact) mass is 393 g/mol. The lowest BCUT2D eigenvalue weighted by atomic mass is 9.71. The number of aromatic nitrogens is 1. The summed E-state index contributed by atoms with van der Waals surface area (Å²) in [6, 6.07) is 12.3. The smallest absolute Gasteiger partial charge is 0.228 e. The highest BCUT2D eigenvalue weighted by Crippen LogP contribution is 2.39. The van der Waals surface area contributed by atoms with Crippen LogP contribution in [0.2, 0.25) is 0 Å². The quantitative estimate of drug-likeness (QED) is 0.750. The summed E-state index contributed by atoms with van der Waals surface area (Å²) in [6.07, 6.45) is 7.14. The molecule has 5 nitrogen and oxygen atoms in total. The molecule has 1 aromatic heterocycles. The molecular formula is C24H31N3O2. The van der Waals surface area contributed by atoms with Crippen molar-refractivity contribution in [2.45, 2.75) is 39.0 Å². The molecule has 0 N–H and O–H groups in total. The van der Waals surface area contributed by atoms with Gasteiger partial charge in [0.2, 0.25) is 11.8 Å². The molecule has 2 heterocycles. The lowest BCUT2D eigenvalue weighted by molar-refractivity contribution is -0.146. The maximum Gasteiger partial charge on any atom is 0.228 e. The zero-order chi connectivity index (χ0) is 20.9. The van der Waals surface area contributed by atoms with E-state index >= 15 is 0 Å². The fourth-order valence-electron chi connectivity index (χ4n) is 4.34. The number of pyridine rings is 1. The summed E-state index contributed by atoms with van der Waals surface area (Å²) >= 11 is 0. The van der Waals surface area contributed by atoms with Gasteiger partial charge < -0.3 is 9.80 Å². The summed E-state index contributed by atoms with van der Waals surface area (Å²) in [5, 5.41) is 0. The minimum Gasteiger partial charge on any atom is -0.348 e. The molecule has 2 aromatic rings. The van der Waals surface area contributed by atoms with Crippen LogP contribution in [0.4, 0.5) is 0 Å². The van der Waals surface area contributed by atoms with Gasteiger partial charge in [0.05, 0.1) is 5.41 Å². The molecule has 0 saturated carbocycles. The Labute approximate surface area is 173 Å². The van der Waals surface area contributed by atoms with Crippen molar-refractivity contribution >= 4 is 11.8 Å². The molecule has 1 fully saturated rings. The van der Waals surface area contributed by atoms with Crippen LogP contribution < -0.4 is 0 Å². The van der Waals surface area contributed by atoms with E-state index in [9.17, 15) is 9.59 Å². The van der Waals surface area contributed by atoms with Crippen LogP contribution in [-0.4, -0.2) is 53.8 Å². The summed E-state index contributed by atoms with van der Waals surface area (Å²) in [7, 11) is 3.65. The Morgan fingerprint density at radius 2 is 1.83 bits per heavy atom. The van der Waals surface area contributed by atoms with Gasteiger partial charge in [0.15, 0.2) is 0 Å². The Hall–Kier alpha value is -2.69. The lowest BCUT2D eigenvalue weighted by Gasteiger charge is -2.42. The summed E-state index contributed by atoms with van der Waals surface area (Å²) in [4.78, 5) is 33.5. The van der Waals surface area contributed by atoms with Crippen molar-refractivity contribution in [1.29, 1.82) is 0 Å². The van der Waals surface area contributed by atoms with Crippen LogP contribution in [0.3, 0.4) is 0 Å². The largest absolute Gasteiger partial charge is 0.348 e. The molecule has 1 aliphatic rings. The number of hydrogen-bond acceptors (Lipinski definition) is 3. The van der Waals surface area contributed by atoms with Crippen LogP contribution in [0.1, 0.15) is 38.2 Å². The van der Waals surface area contributed by atoms with Gasteiger partial charge >= 0.3 is 0 Å². The third-order valence-electron chi connectivity index (χ3n) is 5.92. The molecule has 0 radical (unpaired) electrons. The average molecular weight is 394 g/mol. The third-order valence-corrected chi connectivity index (χ3v) is 5.92. The number of rotatable bonds is 6. The Bertz CT molecular complexity index is 840. The molecular weight excluding hydrogens is 362 g/mol. The van der Waals surface area contributed by atoms with Crippen molar-refractivity contribution in [3.8, 4) is 11.1 Å². The van der Waals surface area contributed by atoms with Gasteiger partial charge in [-0.1, -0.05) is 37.3 Å². The number of benzene rings is 1. The Balaban J connectivity index is 1.89. The number of carbonyl (C=O) groups is 2. The number of piperidine rings is 1. The molecule has 0 bridgehead atoms. The normalized spacial score (nSPS) is 15.8. The van der Waals surface area contributed by atoms with Crippen LogP contribution in [0.25, 0.3) is 11.1 Å². The van der Waals surface area contributed by atoms with Gasteiger partial charge in [0, 0.05) is 51.6 Å². The first kappa shape index (κ1) is 21.0. The van der Waals surface area contributed by atoms with E-state index in [0.29, 0.717) is 38.8 Å². The van der Waals surface area contributed by atoms with E-state index < -0.39 is 5.41 Å². The number of likely N-dealkylation sites (tertiary alicyclic amines) is 1. The maximum absolute atomic E-state index is 13.3. The number of nitrogens with zero attached hydrogens (tertiary/aromatic N) is 3. The van der Waals surface area contributed by atoms with E-state index in [1.165, 1.54) is 0 Å². The summed E-state index contributed by atoms with van der Waals surface area (Å²) in [5.41, 5.74) is 2.86. The fraction of sp³-hybridized carbons (Fsp3) is 0.458. The van der Waals surface area contributed by atoms with Gasteiger partial charge in [-0.3, -0.25) is 14.6 Å². The molecule has 5 heteroatoms. The molecule has 29 heavy (non-hydrogen) atoms. The van der Waals surface area contributed by atoms with E-state index in [1.807, 2.05) is 50.3 Å². The SMILES string of the molecule is CCCC(=O)N1CCC(Cc2ccccc2-c2cccnc2)(C(=O)N(C)C)CC1. The van der Waals surface area contributed by atoms with Crippen molar-refractivity contribution < 1.29 is 9.59 Å². The molecule has 1 aromatic carbocycles. The first-order valence-corrected chi connectivity index (χ1v) is 10.4. The van der Waals surface area contributed by atoms with Crippen LogP contribution >= 0.6 is 0 Å². The highest BCUT2D eigenvalue weighted by Gasteiger charge is 2.43. The second-order valence-corrected chi connectivity index (χ2v) is 8.19. The zero-order valence-electron chi connectivity index (χ0n) is 17.7.